The third kappa shape index (κ3) is 2.58. The molecule has 1 N–H and O–H groups in total. The SMILES string of the molecule is CC1(C)C(=O)NN2c3ccccc3-c3c(ccc4ccc(-c5ccccc5)cc34)OC21. The Morgan fingerprint density at radius 1 is 0.871 bits per heavy atom. The second-order valence-corrected chi connectivity index (χ2v) is 8.76. The first-order valence-corrected chi connectivity index (χ1v) is 10.5. The van der Waals surface area contributed by atoms with Crippen molar-refractivity contribution in [3.05, 3.63) is 84.9 Å². The highest BCUT2D eigenvalue weighted by atomic mass is 16.5. The Morgan fingerprint density at radius 2 is 1.61 bits per heavy atom. The van der Waals surface area contributed by atoms with Crippen LogP contribution in [0, 0.1) is 5.41 Å². The van der Waals surface area contributed by atoms with E-state index in [-0.39, 0.29) is 5.91 Å². The predicted molar refractivity (Wildman–Crippen MR) is 124 cm³/mol. The topological polar surface area (TPSA) is 41.6 Å². The number of nitrogens with zero attached hydrogens (tertiary/aromatic N) is 1. The molecule has 4 nitrogen and oxygen atoms in total. The summed E-state index contributed by atoms with van der Waals surface area (Å²) in [5.74, 6) is 0.755. The van der Waals surface area contributed by atoms with Gasteiger partial charge in [-0.1, -0.05) is 66.7 Å². The molecule has 1 saturated heterocycles. The number of hydrogen-bond acceptors (Lipinski definition) is 3. The van der Waals surface area contributed by atoms with Gasteiger partial charge in [0.1, 0.15) is 11.2 Å². The molecule has 1 amide bonds. The lowest BCUT2D eigenvalue weighted by molar-refractivity contribution is -0.128. The van der Waals surface area contributed by atoms with Crippen LogP contribution in [-0.2, 0) is 4.79 Å². The fourth-order valence-corrected chi connectivity index (χ4v) is 4.63. The normalized spacial score (nSPS) is 18.5. The number of carbonyl (C=O) groups is 1. The zero-order valence-corrected chi connectivity index (χ0v) is 17.4. The molecular weight excluding hydrogens is 384 g/mol. The molecule has 6 rings (SSSR count). The maximum Gasteiger partial charge on any atom is 0.250 e. The van der Waals surface area contributed by atoms with E-state index in [1.165, 1.54) is 5.56 Å². The van der Waals surface area contributed by atoms with Crippen LogP contribution in [0.4, 0.5) is 5.69 Å². The monoisotopic (exact) mass is 406 g/mol. The zero-order valence-electron chi connectivity index (χ0n) is 17.4. The van der Waals surface area contributed by atoms with Gasteiger partial charge in [-0.15, -0.1) is 0 Å². The number of carbonyl (C=O) groups excluding carboxylic acids is 1. The van der Waals surface area contributed by atoms with Crippen LogP contribution in [-0.4, -0.2) is 12.1 Å². The van der Waals surface area contributed by atoms with Gasteiger partial charge >= 0.3 is 0 Å². The summed E-state index contributed by atoms with van der Waals surface area (Å²) in [6.45, 7) is 3.85. The summed E-state index contributed by atoms with van der Waals surface area (Å²) in [6.07, 6.45) is -0.433. The lowest BCUT2D eigenvalue weighted by Gasteiger charge is -2.29. The molecule has 4 aromatic carbocycles. The van der Waals surface area contributed by atoms with E-state index in [9.17, 15) is 4.79 Å². The molecule has 0 aromatic heterocycles. The van der Waals surface area contributed by atoms with Crippen molar-refractivity contribution >= 4 is 22.4 Å². The summed E-state index contributed by atoms with van der Waals surface area (Å²) in [6, 6.07) is 29.3. The van der Waals surface area contributed by atoms with Crippen LogP contribution in [0.2, 0.25) is 0 Å². The van der Waals surface area contributed by atoms with E-state index in [2.05, 4.69) is 60.0 Å². The number of nitrogens with one attached hydrogen (secondary N) is 1. The minimum absolute atomic E-state index is 0.0390. The maximum atomic E-state index is 12.7. The van der Waals surface area contributed by atoms with Gasteiger partial charge in [0.2, 0.25) is 12.1 Å². The van der Waals surface area contributed by atoms with Crippen molar-refractivity contribution in [1.29, 1.82) is 0 Å². The molecule has 1 unspecified atom stereocenters. The molecule has 2 aliphatic heterocycles. The number of para-hydroxylation sites is 1. The number of benzene rings is 4. The average Bonchev–Trinajstić information content (AvgIpc) is 2.94. The second kappa shape index (κ2) is 6.35. The molecule has 31 heavy (non-hydrogen) atoms. The highest BCUT2D eigenvalue weighted by Crippen LogP contribution is 2.49. The number of amides is 1. The van der Waals surface area contributed by atoms with Gasteiger partial charge in [0.25, 0.3) is 0 Å². The first-order valence-electron chi connectivity index (χ1n) is 10.5. The molecule has 1 atom stereocenters. The molecule has 4 heteroatoms. The van der Waals surface area contributed by atoms with Gasteiger partial charge < -0.3 is 4.74 Å². The third-order valence-corrected chi connectivity index (χ3v) is 6.42. The maximum absolute atomic E-state index is 12.7. The average molecular weight is 406 g/mol. The molecule has 4 aromatic rings. The van der Waals surface area contributed by atoms with Gasteiger partial charge in [0.05, 0.1) is 5.69 Å². The third-order valence-electron chi connectivity index (χ3n) is 6.42. The van der Waals surface area contributed by atoms with Crippen molar-refractivity contribution in [3.8, 4) is 28.0 Å². The smallest absolute Gasteiger partial charge is 0.250 e. The second-order valence-electron chi connectivity index (χ2n) is 8.76. The first kappa shape index (κ1) is 18.0. The molecule has 0 spiro atoms. The number of fused-ring (bicyclic) bond motifs is 7. The van der Waals surface area contributed by atoms with Crippen LogP contribution in [0.1, 0.15) is 13.8 Å². The highest BCUT2D eigenvalue weighted by molar-refractivity contribution is 6.05. The van der Waals surface area contributed by atoms with E-state index in [0.29, 0.717) is 0 Å². The van der Waals surface area contributed by atoms with Crippen LogP contribution < -0.4 is 15.2 Å². The van der Waals surface area contributed by atoms with Crippen LogP contribution in [0.5, 0.6) is 5.75 Å². The van der Waals surface area contributed by atoms with Gasteiger partial charge in [0, 0.05) is 11.1 Å². The predicted octanol–water partition coefficient (Wildman–Crippen LogP) is 5.77. The zero-order chi connectivity index (χ0) is 21.2. The van der Waals surface area contributed by atoms with E-state index in [1.54, 1.807) is 0 Å². The molecule has 2 aliphatic rings. The minimum atomic E-state index is -0.685. The number of anilines is 1. The summed E-state index contributed by atoms with van der Waals surface area (Å²) in [4.78, 5) is 12.7. The molecular formula is C27H22N2O2. The first-order chi connectivity index (χ1) is 15.0. The van der Waals surface area contributed by atoms with E-state index < -0.39 is 11.6 Å². The van der Waals surface area contributed by atoms with Crippen molar-refractivity contribution in [2.24, 2.45) is 5.41 Å². The minimum Gasteiger partial charge on any atom is -0.467 e. The van der Waals surface area contributed by atoms with Gasteiger partial charge in [-0.25, -0.2) is 5.01 Å². The van der Waals surface area contributed by atoms with Crippen LogP contribution in [0.25, 0.3) is 33.0 Å². The van der Waals surface area contributed by atoms with Gasteiger partial charge in [-0.2, -0.15) is 0 Å². The van der Waals surface area contributed by atoms with E-state index in [4.69, 9.17) is 4.74 Å². The standard InChI is InChI=1S/C27H22N2O2/c1-27(2)25(30)28-29-22-11-7-6-10-20(22)24-21-16-19(17-8-4-3-5-9-17)13-12-18(21)14-15-23(24)31-26(27)29/h3-16,26H,1-2H3,(H,28,30). The molecule has 0 aliphatic carbocycles. The molecule has 0 saturated carbocycles. The van der Waals surface area contributed by atoms with E-state index in [1.807, 2.05) is 49.2 Å². The molecule has 1 fully saturated rings. The Balaban J connectivity index is 1.64. The molecule has 0 radical (unpaired) electrons. The van der Waals surface area contributed by atoms with Crippen LogP contribution in [0.3, 0.4) is 0 Å². The molecule has 152 valence electrons. The van der Waals surface area contributed by atoms with Gasteiger partial charge in [-0.05, 0) is 53.9 Å². The molecule has 0 bridgehead atoms. The van der Waals surface area contributed by atoms with Crippen molar-refractivity contribution in [2.75, 3.05) is 5.01 Å². The van der Waals surface area contributed by atoms with Gasteiger partial charge in [0.15, 0.2) is 0 Å². The highest BCUT2D eigenvalue weighted by Gasteiger charge is 2.51. The fraction of sp³-hybridized carbons (Fsp3) is 0.148. The Morgan fingerprint density at radius 3 is 2.45 bits per heavy atom. The van der Waals surface area contributed by atoms with Crippen molar-refractivity contribution < 1.29 is 9.53 Å². The van der Waals surface area contributed by atoms with Gasteiger partial charge in [-0.3, -0.25) is 10.2 Å². The number of rotatable bonds is 1. The summed E-state index contributed by atoms with van der Waals surface area (Å²) < 4.78 is 6.55. The Kier molecular flexibility index (Phi) is 3.69. The van der Waals surface area contributed by atoms with Crippen LogP contribution in [0.15, 0.2) is 84.9 Å². The number of hydrogen-bond donors (Lipinski definition) is 1. The van der Waals surface area contributed by atoms with E-state index >= 15 is 0 Å². The summed E-state index contributed by atoms with van der Waals surface area (Å²) in [7, 11) is 0. The lowest BCUT2D eigenvalue weighted by Crippen LogP contribution is -2.43. The quantitative estimate of drug-likeness (QED) is 0.436. The largest absolute Gasteiger partial charge is 0.467 e. The van der Waals surface area contributed by atoms with E-state index in [0.717, 1.165) is 38.9 Å². The fourth-order valence-electron chi connectivity index (χ4n) is 4.63. The van der Waals surface area contributed by atoms with Crippen LogP contribution >= 0.6 is 0 Å². The summed E-state index contributed by atoms with van der Waals surface area (Å²) >= 11 is 0. The Bertz CT molecular complexity index is 1340. The van der Waals surface area contributed by atoms with Crippen molar-refractivity contribution in [3.63, 3.8) is 0 Å². The molecule has 2 heterocycles. The Hall–Kier alpha value is -3.79. The number of ether oxygens (including phenoxy) is 1. The number of hydrazine groups is 1. The Labute approximate surface area is 181 Å². The summed E-state index contributed by atoms with van der Waals surface area (Å²) in [5.41, 5.74) is 7.75. The summed E-state index contributed by atoms with van der Waals surface area (Å²) in [5, 5.41) is 4.17. The van der Waals surface area contributed by atoms with Crippen molar-refractivity contribution in [1.82, 2.24) is 5.43 Å². The lowest BCUT2D eigenvalue weighted by atomic mass is 9.91. The van der Waals surface area contributed by atoms with Crippen molar-refractivity contribution in [2.45, 2.75) is 20.1 Å².